The Morgan fingerprint density at radius 1 is 0.870 bits per heavy atom. The van der Waals surface area contributed by atoms with Crippen molar-refractivity contribution in [1.82, 2.24) is 9.80 Å². The second kappa shape index (κ2) is 17.4. The molecule has 0 aromatic heterocycles. The number of aliphatic imine (C=N–C) groups is 1. The van der Waals surface area contributed by atoms with Gasteiger partial charge in [-0.2, -0.15) is 0 Å². The van der Waals surface area contributed by atoms with Crippen LogP contribution in [0.2, 0.25) is 0 Å². The first-order chi connectivity index (χ1) is 26.0. The van der Waals surface area contributed by atoms with Gasteiger partial charge in [-0.25, -0.2) is 9.69 Å². The van der Waals surface area contributed by atoms with Gasteiger partial charge < -0.3 is 38.6 Å². The Labute approximate surface area is 324 Å². The Bertz CT molecular complexity index is 1820. The molecule has 3 amide bonds. The largest absolute Gasteiger partial charge is 0.493 e. The second-order valence-corrected chi connectivity index (χ2v) is 16.9. The van der Waals surface area contributed by atoms with Crippen LogP contribution in [0, 0.1) is 0 Å². The molecule has 0 bridgehead atoms. The van der Waals surface area contributed by atoms with Crippen molar-refractivity contribution in [1.29, 1.82) is 0 Å². The molecule has 0 saturated carbocycles. The second-order valence-electron chi connectivity index (χ2n) is 13.9. The maximum absolute atomic E-state index is 13.8. The molecule has 2 saturated heterocycles. The van der Waals surface area contributed by atoms with E-state index in [1.54, 1.807) is 69.0 Å². The van der Waals surface area contributed by atoms with Crippen molar-refractivity contribution in [3.05, 3.63) is 59.7 Å². The van der Waals surface area contributed by atoms with Crippen LogP contribution < -0.4 is 23.8 Å². The van der Waals surface area contributed by atoms with Crippen molar-refractivity contribution >= 4 is 57.1 Å². The Kier molecular flexibility index (Phi) is 12.7. The molecule has 4 heterocycles. The van der Waals surface area contributed by atoms with Crippen LogP contribution in [0.1, 0.15) is 66.7 Å². The van der Waals surface area contributed by atoms with E-state index in [0.29, 0.717) is 90.7 Å². The molecule has 4 aliphatic rings. The Morgan fingerprint density at radius 2 is 1.50 bits per heavy atom. The normalized spacial score (nSPS) is 20.3. The highest BCUT2D eigenvalue weighted by atomic mass is 33.1. The van der Waals surface area contributed by atoms with Gasteiger partial charge in [0.2, 0.25) is 0 Å². The summed E-state index contributed by atoms with van der Waals surface area (Å²) in [4.78, 5) is 49.7. The molecule has 3 atom stereocenters. The van der Waals surface area contributed by atoms with Gasteiger partial charge in [0.05, 0.1) is 62.0 Å². The molecule has 6 rings (SSSR count). The molecule has 15 heteroatoms. The van der Waals surface area contributed by atoms with Gasteiger partial charge in [0.25, 0.3) is 11.8 Å². The number of ether oxygens (including phenoxy) is 5. The van der Waals surface area contributed by atoms with Crippen molar-refractivity contribution in [3.63, 3.8) is 0 Å². The summed E-state index contributed by atoms with van der Waals surface area (Å²) in [7, 11) is 6.32. The lowest BCUT2D eigenvalue weighted by molar-refractivity contribution is 0.0493. The van der Waals surface area contributed by atoms with Gasteiger partial charge in [-0.05, 0) is 44.2 Å². The molecule has 0 aliphatic carbocycles. The first-order valence-electron chi connectivity index (χ1n) is 18.1. The van der Waals surface area contributed by atoms with E-state index in [1.165, 1.54) is 7.11 Å². The van der Waals surface area contributed by atoms with E-state index in [-0.39, 0.29) is 42.3 Å². The summed E-state index contributed by atoms with van der Waals surface area (Å²) in [6.07, 6.45) is 2.90. The van der Waals surface area contributed by atoms with Gasteiger partial charge in [-0.3, -0.25) is 14.6 Å². The molecular formula is C39H48N4O9S2. The van der Waals surface area contributed by atoms with Gasteiger partial charge in [0.1, 0.15) is 6.61 Å². The first-order valence-corrected chi connectivity index (χ1v) is 20.5. The zero-order chi connectivity index (χ0) is 38.5. The highest BCUT2D eigenvalue weighted by Gasteiger charge is 2.46. The van der Waals surface area contributed by atoms with E-state index in [4.69, 9.17) is 23.7 Å². The van der Waals surface area contributed by atoms with Gasteiger partial charge in [0.15, 0.2) is 29.2 Å². The molecule has 290 valence electrons. The molecule has 13 nitrogen and oxygen atoms in total. The fourth-order valence-electron chi connectivity index (χ4n) is 6.95. The summed E-state index contributed by atoms with van der Waals surface area (Å²) in [5, 5.41) is 12.0. The maximum atomic E-state index is 13.8. The third-order valence-corrected chi connectivity index (χ3v) is 12.5. The average molecular weight is 781 g/mol. The summed E-state index contributed by atoms with van der Waals surface area (Å²) in [6, 6.07) is 5.79. The number of carbonyl (C=O) groups is 3. The molecule has 2 aromatic carbocycles. The number of unbranched alkanes of at least 4 members (excludes halogenated alkanes) is 2. The lowest BCUT2D eigenvalue weighted by Crippen LogP contribution is -2.51. The molecule has 4 aliphatic heterocycles. The highest BCUT2D eigenvalue weighted by Crippen LogP contribution is 2.42. The van der Waals surface area contributed by atoms with E-state index >= 15 is 0 Å². The van der Waals surface area contributed by atoms with Gasteiger partial charge in [-0.15, -0.1) is 0 Å². The number of nitrogens with zero attached hydrogens (tertiary/aromatic N) is 4. The van der Waals surface area contributed by atoms with Crippen molar-refractivity contribution in [2.24, 2.45) is 4.99 Å². The van der Waals surface area contributed by atoms with Crippen LogP contribution in [0.5, 0.6) is 23.0 Å². The standard InChI is InChI=1S/C39H48N4O9S2/c1-23(2)54-53-13-12-52-39(47)43-30-19-35(33(49-6)17-28(30)37(45)42-22-25(4)15-31(42)38(43)46)51-11-9-7-8-10-50-34-18-29-27(16-32(34)48-5)36(44)41-21-24(3)14-26(41)20-40-29/h16-20,23,26,31,38,46H,3-4,7-15,21-22H2,1-2,5-6H3/t26-,31-,38?/m0/s1. The Balaban J connectivity index is 1.08. The van der Waals surface area contributed by atoms with Crippen molar-refractivity contribution in [2.45, 2.75) is 69.5 Å². The molecule has 0 spiro atoms. The fraction of sp³-hybridized carbons (Fsp3) is 0.487. The van der Waals surface area contributed by atoms with Crippen molar-refractivity contribution < 1.29 is 43.2 Å². The number of hydrogen-bond acceptors (Lipinski definition) is 12. The number of aliphatic hydroxyl groups excluding tert-OH is 1. The highest BCUT2D eigenvalue weighted by molar-refractivity contribution is 8.76. The summed E-state index contributed by atoms with van der Waals surface area (Å²) in [5.41, 5.74) is 3.21. The third-order valence-electron chi connectivity index (χ3n) is 9.54. The minimum Gasteiger partial charge on any atom is -0.493 e. The number of aliphatic hydroxyl groups is 1. The van der Waals surface area contributed by atoms with Crippen LogP contribution >= 0.6 is 21.6 Å². The molecular weight excluding hydrogens is 733 g/mol. The van der Waals surface area contributed by atoms with Crippen molar-refractivity contribution in [2.75, 3.05) is 57.8 Å². The van der Waals surface area contributed by atoms with Gasteiger partial charge >= 0.3 is 6.09 Å². The maximum Gasteiger partial charge on any atom is 0.416 e. The van der Waals surface area contributed by atoms with E-state index in [1.807, 2.05) is 0 Å². The van der Waals surface area contributed by atoms with E-state index in [0.717, 1.165) is 22.5 Å². The first kappa shape index (κ1) is 39.4. The SMILES string of the molecule is C=C1C[C@H]2C=Nc3cc(OCCCCCOc4cc5c(cc4OC)C(=O)N4CC(=C)C[C@H]4C(O)N5C(=O)OCCSSC(C)C)c(OC)cc3C(=O)N2C1. The average Bonchev–Trinajstić information content (AvgIpc) is 3.69. The summed E-state index contributed by atoms with van der Waals surface area (Å²) < 4.78 is 29.1. The summed E-state index contributed by atoms with van der Waals surface area (Å²) in [6.45, 7) is 13.9. The third kappa shape index (κ3) is 8.47. The number of methoxy groups -OCH3 is 2. The number of rotatable bonds is 15. The van der Waals surface area contributed by atoms with Gasteiger partial charge in [-0.1, -0.05) is 59.7 Å². The molecule has 54 heavy (non-hydrogen) atoms. The smallest absolute Gasteiger partial charge is 0.416 e. The van der Waals surface area contributed by atoms with Crippen LogP contribution in [-0.2, 0) is 4.74 Å². The molecule has 2 fully saturated rings. The van der Waals surface area contributed by atoms with Crippen molar-refractivity contribution in [3.8, 4) is 23.0 Å². The number of amides is 3. The zero-order valence-electron chi connectivity index (χ0n) is 31.2. The number of anilines is 1. The topological polar surface area (TPSA) is 140 Å². The molecule has 1 N–H and O–H groups in total. The predicted molar refractivity (Wildman–Crippen MR) is 211 cm³/mol. The van der Waals surface area contributed by atoms with E-state index in [2.05, 4.69) is 32.0 Å². The molecule has 1 unspecified atom stereocenters. The minimum atomic E-state index is -1.36. The zero-order valence-corrected chi connectivity index (χ0v) is 32.8. The lowest BCUT2D eigenvalue weighted by atomic mass is 10.1. The van der Waals surface area contributed by atoms with Gasteiger partial charge in [0, 0.05) is 42.4 Å². The fourth-order valence-corrected chi connectivity index (χ4v) is 8.78. The monoisotopic (exact) mass is 780 g/mol. The minimum absolute atomic E-state index is 0.100. The molecule has 0 radical (unpaired) electrons. The van der Waals surface area contributed by atoms with E-state index < -0.39 is 18.4 Å². The number of hydrogen-bond donors (Lipinski definition) is 1. The number of benzene rings is 2. The van der Waals surface area contributed by atoms with Crippen LogP contribution in [-0.4, -0.2) is 115 Å². The number of fused-ring (bicyclic) bond motifs is 4. The van der Waals surface area contributed by atoms with E-state index in [9.17, 15) is 19.5 Å². The quantitative estimate of drug-likeness (QED) is 0.118. The van der Waals surface area contributed by atoms with Crippen LogP contribution in [0.4, 0.5) is 16.2 Å². The Hall–Kier alpha value is -4.34. The van der Waals surface area contributed by atoms with Crippen LogP contribution in [0.15, 0.2) is 53.6 Å². The summed E-state index contributed by atoms with van der Waals surface area (Å²) >= 11 is 0. The molecule has 2 aromatic rings. The lowest BCUT2D eigenvalue weighted by Gasteiger charge is -2.31. The summed E-state index contributed by atoms with van der Waals surface area (Å²) in [5.74, 6) is 1.76. The number of carbonyl (C=O) groups excluding carboxylic acids is 3. The Morgan fingerprint density at radius 3 is 2.19 bits per heavy atom. The van der Waals surface area contributed by atoms with Crippen LogP contribution in [0.25, 0.3) is 0 Å². The predicted octanol–water partition coefficient (Wildman–Crippen LogP) is 6.65. The van der Waals surface area contributed by atoms with Crippen LogP contribution in [0.3, 0.4) is 0 Å².